The monoisotopic (exact) mass is 140 g/mol. The Kier molecular flexibility index (Phi) is 1.57. The molecule has 0 saturated heterocycles. The summed E-state index contributed by atoms with van der Waals surface area (Å²) in [5, 5.41) is 8.69. The summed E-state index contributed by atoms with van der Waals surface area (Å²) < 4.78 is 0. The summed E-state index contributed by atoms with van der Waals surface area (Å²) in [5.41, 5.74) is 5.71. The summed E-state index contributed by atoms with van der Waals surface area (Å²) in [5.74, 6) is 0.449. The van der Waals surface area contributed by atoms with Crippen molar-refractivity contribution in [1.82, 2.24) is 10.2 Å². The van der Waals surface area contributed by atoms with E-state index in [0.29, 0.717) is 5.82 Å². The van der Waals surface area contributed by atoms with Crippen molar-refractivity contribution < 1.29 is 4.79 Å². The van der Waals surface area contributed by atoms with Crippen LogP contribution in [0.1, 0.15) is 5.69 Å². The van der Waals surface area contributed by atoms with Crippen LogP contribution < -0.4 is 11.1 Å². The van der Waals surface area contributed by atoms with Crippen molar-refractivity contribution in [2.24, 2.45) is 5.73 Å². The highest BCUT2D eigenvalue weighted by atomic mass is 16.2. The number of nitrogens with two attached hydrogens (primary N) is 1. The maximum absolute atomic E-state index is 10.2. The minimum absolute atomic E-state index is 0.449. The second-order valence-electron chi connectivity index (χ2n) is 1.93. The molecule has 1 heterocycles. The second kappa shape index (κ2) is 2.38. The Morgan fingerprint density at radius 1 is 1.90 bits per heavy atom. The van der Waals surface area contributed by atoms with Crippen LogP contribution >= 0.6 is 0 Å². The Morgan fingerprint density at radius 2 is 2.60 bits per heavy atom. The molecular formula is C5H8N4O. The van der Waals surface area contributed by atoms with Crippen LogP contribution in [0, 0.1) is 6.92 Å². The van der Waals surface area contributed by atoms with E-state index in [0.717, 1.165) is 5.69 Å². The van der Waals surface area contributed by atoms with Gasteiger partial charge in [-0.2, -0.15) is 5.10 Å². The Balaban J connectivity index is 2.67. The van der Waals surface area contributed by atoms with Gasteiger partial charge >= 0.3 is 6.03 Å². The number of carbonyl (C=O) groups excluding carboxylic acids is 1. The van der Waals surface area contributed by atoms with E-state index in [1.54, 1.807) is 6.07 Å². The molecule has 0 radical (unpaired) electrons. The van der Waals surface area contributed by atoms with E-state index in [4.69, 9.17) is 5.73 Å². The fourth-order valence-corrected chi connectivity index (χ4v) is 0.608. The topological polar surface area (TPSA) is 83.8 Å². The van der Waals surface area contributed by atoms with Crippen molar-refractivity contribution >= 4 is 11.8 Å². The van der Waals surface area contributed by atoms with Crippen LogP contribution in [0.25, 0.3) is 0 Å². The molecule has 5 nitrogen and oxygen atoms in total. The van der Waals surface area contributed by atoms with Crippen LogP contribution in [0.5, 0.6) is 0 Å². The third-order valence-corrected chi connectivity index (χ3v) is 0.957. The first kappa shape index (κ1) is 6.60. The Morgan fingerprint density at radius 3 is 3.00 bits per heavy atom. The molecule has 0 unspecified atom stereocenters. The Labute approximate surface area is 57.6 Å². The van der Waals surface area contributed by atoms with Crippen LogP contribution in [-0.4, -0.2) is 16.2 Å². The Bertz CT molecular complexity index is 242. The molecule has 5 heteroatoms. The van der Waals surface area contributed by atoms with Gasteiger partial charge in [-0.15, -0.1) is 0 Å². The van der Waals surface area contributed by atoms with E-state index in [-0.39, 0.29) is 0 Å². The van der Waals surface area contributed by atoms with E-state index < -0.39 is 6.03 Å². The van der Waals surface area contributed by atoms with Gasteiger partial charge in [0.25, 0.3) is 0 Å². The molecule has 0 fully saturated rings. The van der Waals surface area contributed by atoms with Gasteiger partial charge in [0.1, 0.15) is 0 Å². The van der Waals surface area contributed by atoms with Gasteiger partial charge in [0.2, 0.25) is 0 Å². The molecule has 1 aromatic heterocycles. The summed E-state index contributed by atoms with van der Waals surface area (Å²) in [6.45, 7) is 1.83. The molecule has 0 aliphatic rings. The van der Waals surface area contributed by atoms with Gasteiger partial charge in [-0.3, -0.25) is 10.4 Å². The number of rotatable bonds is 1. The number of aryl methyl sites for hydroxylation is 1. The lowest BCUT2D eigenvalue weighted by Gasteiger charge is -1.91. The maximum Gasteiger partial charge on any atom is 0.317 e. The molecule has 0 bridgehead atoms. The summed E-state index contributed by atoms with van der Waals surface area (Å²) in [4.78, 5) is 10.2. The average molecular weight is 140 g/mol. The number of anilines is 1. The van der Waals surface area contributed by atoms with Gasteiger partial charge < -0.3 is 5.73 Å². The van der Waals surface area contributed by atoms with E-state index in [9.17, 15) is 4.79 Å². The summed E-state index contributed by atoms with van der Waals surface area (Å²) in [7, 11) is 0. The van der Waals surface area contributed by atoms with Gasteiger partial charge in [-0.1, -0.05) is 0 Å². The van der Waals surface area contributed by atoms with Gasteiger partial charge in [0.15, 0.2) is 5.82 Å². The third-order valence-electron chi connectivity index (χ3n) is 0.957. The molecule has 0 aliphatic carbocycles. The fourth-order valence-electron chi connectivity index (χ4n) is 0.608. The average Bonchev–Trinajstić information content (AvgIpc) is 2.13. The first-order valence-corrected chi connectivity index (χ1v) is 2.77. The predicted molar refractivity (Wildman–Crippen MR) is 36.5 cm³/mol. The predicted octanol–water partition coefficient (Wildman–Crippen LogP) is 0.209. The molecule has 10 heavy (non-hydrogen) atoms. The number of aromatic nitrogens is 2. The molecule has 0 saturated carbocycles. The van der Waals surface area contributed by atoms with Crippen LogP contribution in [0.4, 0.5) is 10.6 Å². The third kappa shape index (κ3) is 1.48. The number of hydrogen-bond acceptors (Lipinski definition) is 2. The van der Waals surface area contributed by atoms with Crippen molar-refractivity contribution in [2.45, 2.75) is 6.92 Å². The molecule has 0 aromatic carbocycles. The standard InChI is InChI=1S/C5H8N4O/c1-3-2-4(9-8-3)7-5(6)10/h2H,1H3,(H4,6,7,8,9,10). The lowest BCUT2D eigenvalue weighted by Crippen LogP contribution is -2.19. The van der Waals surface area contributed by atoms with Crippen molar-refractivity contribution in [3.8, 4) is 0 Å². The molecule has 1 rings (SSSR count). The Hall–Kier alpha value is -1.52. The number of nitrogens with one attached hydrogen (secondary N) is 2. The van der Waals surface area contributed by atoms with E-state index in [1.807, 2.05) is 6.92 Å². The maximum atomic E-state index is 10.2. The fraction of sp³-hybridized carbons (Fsp3) is 0.200. The molecule has 1 aromatic rings. The first-order chi connectivity index (χ1) is 4.68. The number of carbonyl (C=O) groups is 1. The van der Waals surface area contributed by atoms with Gasteiger partial charge in [0, 0.05) is 11.8 Å². The van der Waals surface area contributed by atoms with Crippen molar-refractivity contribution in [1.29, 1.82) is 0 Å². The molecule has 0 spiro atoms. The molecule has 54 valence electrons. The first-order valence-electron chi connectivity index (χ1n) is 2.77. The number of aromatic amines is 1. The summed E-state index contributed by atoms with van der Waals surface area (Å²) >= 11 is 0. The van der Waals surface area contributed by atoms with Crippen LogP contribution in [0.15, 0.2) is 6.07 Å². The number of nitrogens with zero attached hydrogens (tertiary/aromatic N) is 1. The lowest BCUT2D eigenvalue weighted by atomic mass is 10.5. The highest BCUT2D eigenvalue weighted by Gasteiger charge is 1.97. The van der Waals surface area contributed by atoms with Crippen molar-refractivity contribution in [3.05, 3.63) is 11.8 Å². The number of amides is 2. The minimum atomic E-state index is -0.605. The van der Waals surface area contributed by atoms with E-state index in [2.05, 4.69) is 15.5 Å². The normalized spacial score (nSPS) is 9.30. The quantitative estimate of drug-likeness (QED) is 0.521. The van der Waals surface area contributed by atoms with Crippen LogP contribution in [0.2, 0.25) is 0 Å². The highest BCUT2D eigenvalue weighted by molar-refractivity contribution is 5.86. The zero-order valence-corrected chi connectivity index (χ0v) is 5.51. The molecule has 2 amide bonds. The largest absolute Gasteiger partial charge is 0.351 e. The van der Waals surface area contributed by atoms with Gasteiger partial charge in [-0.25, -0.2) is 4.79 Å². The smallest absolute Gasteiger partial charge is 0.317 e. The highest BCUT2D eigenvalue weighted by Crippen LogP contribution is 2.01. The number of urea groups is 1. The summed E-state index contributed by atoms with van der Waals surface area (Å²) in [6.07, 6.45) is 0. The van der Waals surface area contributed by atoms with Crippen molar-refractivity contribution in [3.63, 3.8) is 0 Å². The second-order valence-corrected chi connectivity index (χ2v) is 1.93. The number of H-pyrrole nitrogens is 1. The zero-order chi connectivity index (χ0) is 7.56. The molecular weight excluding hydrogens is 132 g/mol. The molecule has 0 aliphatic heterocycles. The van der Waals surface area contributed by atoms with Crippen LogP contribution in [-0.2, 0) is 0 Å². The minimum Gasteiger partial charge on any atom is -0.351 e. The number of primary amides is 1. The van der Waals surface area contributed by atoms with Gasteiger partial charge in [-0.05, 0) is 6.92 Å². The molecule has 0 atom stereocenters. The molecule has 4 N–H and O–H groups in total. The van der Waals surface area contributed by atoms with Crippen LogP contribution in [0.3, 0.4) is 0 Å². The van der Waals surface area contributed by atoms with Gasteiger partial charge in [0.05, 0.1) is 0 Å². The SMILES string of the molecule is Cc1cc(NC(N)=O)n[nH]1. The van der Waals surface area contributed by atoms with E-state index in [1.165, 1.54) is 0 Å². The number of hydrogen-bond donors (Lipinski definition) is 3. The zero-order valence-electron chi connectivity index (χ0n) is 5.51. The van der Waals surface area contributed by atoms with E-state index >= 15 is 0 Å². The summed E-state index contributed by atoms with van der Waals surface area (Å²) in [6, 6.07) is 1.08. The lowest BCUT2D eigenvalue weighted by molar-refractivity contribution is 0.259. The van der Waals surface area contributed by atoms with Crippen molar-refractivity contribution in [2.75, 3.05) is 5.32 Å².